The minimum atomic E-state index is -0.256. The smallest absolute Gasteiger partial charge is 0.319 e. The summed E-state index contributed by atoms with van der Waals surface area (Å²) in [5, 5.41) is 9.78. The van der Waals surface area contributed by atoms with Crippen LogP contribution in [0.4, 0.5) is 10.5 Å². The summed E-state index contributed by atoms with van der Waals surface area (Å²) >= 11 is 0. The second-order valence-corrected chi connectivity index (χ2v) is 6.94. The van der Waals surface area contributed by atoms with Gasteiger partial charge in [0.15, 0.2) is 0 Å². The molecule has 0 unspecified atom stereocenters. The number of furan rings is 1. The molecule has 140 valence electrons. The van der Waals surface area contributed by atoms with Crippen molar-refractivity contribution in [2.75, 3.05) is 5.32 Å². The predicted octanol–water partition coefficient (Wildman–Crippen LogP) is 4.35. The van der Waals surface area contributed by atoms with Gasteiger partial charge in [-0.25, -0.2) is 4.79 Å². The molecule has 2 amide bonds. The first-order valence-corrected chi connectivity index (χ1v) is 9.21. The third-order valence-electron chi connectivity index (χ3n) is 4.76. The van der Waals surface area contributed by atoms with Crippen molar-refractivity contribution < 1.29 is 13.7 Å². The molecule has 0 aliphatic heterocycles. The Balaban J connectivity index is 1.32. The van der Waals surface area contributed by atoms with Crippen molar-refractivity contribution >= 4 is 11.7 Å². The SMILES string of the molecule is C[C@@H](Cc1ccco1)NC(=O)Nc1ccc(-c2noc(C3CCC3)n2)cc1. The number of hydrogen-bond donors (Lipinski definition) is 2. The average Bonchev–Trinajstić information content (AvgIpc) is 3.26. The number of anilines is 1. The standard InChI is InChI=1S/C20H22N4O3/c1-13(12-17-6-3-11-26-17)21-20(25)22-16-9-7-14(8-10-16)18-23-19(27-24-18)15-4-2-5-15/h3,6-11,13,15H,2,4-5,12H2,1H3,(H2,21,22,25)/t13-/m0/s1. The zero-order chi connectivity index (χ0) is 18.6. The summed E-state index contributed by atoms with van der Waals surface area (Å²) in [4.78, 5) is 16.6. The fraction of sp³-hybridized carbons (Fsp3) is 0.350. The quantitative estimate of drug-likeness (QED) is 0.676. The Labute approximate surface area is 157 Å². The van der Waals surface area contributed by atoms with Gasteiger partial charge in [0, 0.05) is 29.6 Å². The average molecular weight is 366 g/mol. The van der Waals surface area contributed by atoms with Gasteiger partial charge in [0.2, 0.25) is 11.7 Å². The topological polar surface area (TPSA) is 93.2 Å². The lowest BCUT2D eigenvalue weighted by atomic mass is 9.85. The molecule has 0 bridgehead atoms. The minimum Gasteiger partial charge on any atom is -0.469 e. The van der Waals surface area contributed by atoms with Gasteiger partial charge in [-0.15, -0.1) is 0 Å². The fourth-order valence-electron chi connectivity index (χ4n) is 3.05. The zero-order valence-corrected chi connectivity index (χ0v) is 15.1. The number of aromatic nitrogens is 2. The van der Waals surface area contributed by atoms with E-state index >= 15 is 0 Å². The van der Waals surface area contributed by atoms with Gasteiger partial charge < -0.3 is 19.6 Å². The Hall–Kier alpha value is -3.09. The molecule has 1 atom stereocenters. The van der Waals surface area contributed by atoms with Crippen molar-refractivity contribution in [3.8, 4) is 11.4 Å². The van der Waals surface area contributed by atoms with Crippen molar-refractivity contribution in [2.45, 2.75) is 44.6 Å². The largest absolute Gasteiger partial charge is 0.469 e. The maximum atomic E-state index is 12.1. The highest BCUT2D eigenvalue weighted by Crippen LogP contribution is 2.36. The number of carbonyl (C=O) groups excluding carboxylic acids is 1. The van der Waals surface area contributed by atoms with Crippen LogP contribution in [0.15, 0.2) is 51.6 Å². The number of amides is 2. The van der Waals surface area contributed by atoms with E-state index in [2.05, 4.69) is 20.8 Å². The van der Waals surface area contributed by atoms with Crippen molar-refractivity contribution in [3.05, 3.63) is 54.3 Å². The van der Waals surface area contributed by atoms with Crippen molar-refractivity contribution in [1.29, 1.82) is 0 Å². The molecule has 0 radical (unpaired) electrons. The van der Waals surface area contributed by atoms with Crippen LogP contribution in [0, 0.1) is 0 Å². The first-order valence-electron chi connectivity index (χ1n) is 9.21. The lowest BCUT2D eigenvalue weighted by Crippen LogP contribution is -2.37. The molecule has 3 aromatic rings. The summed E-state index contributed by atoms with van der Waals surface area (Å²) in [5.74, 6) is 2.57. The predicted molar refractivity (Wildman–Crippen MR) is 100 cm³/mol. The fourth-order valence-corrected chi connectivity index (χ4v) is 3.05. The van der Waals surface area contributed by atoms with Gasteiger partial charge in [-0.3, -0.25) is 0 Å². The van der Waals surface area contributed by atoms with E-state index in [-0.39, 0.29) is 12.1 Å². The van der Waals surface area contributed by atoms with Crippen molar-refractivity contribution in [2.24, 2.45) is 0 Å². The Morgan fingerprint density at radius 3 is 2.74 bits per heavy atom. The van der Waals surface area contributed by atoms with E-state index < -0.39 is 0 Å². The normalized spacial score (nSPS) is 15.1. The molecule has 0 spiro atoms. The minimum absolute atomic E-state index is 0.0420. The molecule has 2 N–H and O–H groups in total. The molecule has 2 heterocycles. The number of nitrogens with zero attached hydrogens (tertiary/aromatic N) is 2. The van der Waals surface area contributed by atoms with E-state index in [9.17, 15) is 4.79 Å². The summed E-state index contributed by atoms with van der Waals surface area (Å²) in [5.41, 5.74) is 1.56. The van der Waals surface area contributed by atoms with E-state index in [4.69, 9.17) is 8.94 Å². The molecule has 1 aliphatic carbocycles. The van der Waals surface area contributed by atoms with Gasteiger partial charge in [-0.2, -0.15) is 4.98 Å². The van der Waals surface area contributed by atoms with Gasteiger partial charge in [0.05, 0.1) is 6.26 Å². The first-order chi connectivity index (χ1) is 13.2. The molecule has 0 saturated heterocycles. The maximum Gasteiger partial charge on any atom is 0.319 e. The Morgan fingerprint density at radius 1 is 1.26 bits per heavy atom. The maximum absolute atomic E-state index is 12.1. The molecule has 1 aromatic carbocycles. The zero-order valence-electron chi connectivity index (χ0n) is 15.1. The molecule has 4 rings (SSSR count). The number of benzene rings is 1. The number of hydrogen-bond acceptors (Lipinski definition) is 5. The highest BCUT2D eigenvalue weighted by Gasteiger charge is 2.25. The first kappa shape index (κ1) is 17.3. The lowest BCUT2D eigenvalue weighted by Gasteiger charge is -2.20. The summed E-state index contributed by atoms with van der Waals surface area (Å²) in [7, 11) is 0. The molecule has 7 heteroatoms. The van der Waals surface area contributed by atoms with Gasteiger partial charge >= 0.3 is 6.03 Å². The van der Waals surface area contributed by atoms with Crippen LogP contribution in [0.5, 0.6) is 0 Å². The second-order valence-electron chi connectivity index (χ2n) is 6.94. The molecular formula is C20H22N4O3. The lowest BCUT2D eigenvalue weighted by molar-refractivity contribution is 0.248. The molecular weight excluding hydrogens is 344 g/mol. The summed E-state index contributed by atoms with van der Waals surface area (Å²) in [6, 6.07) is 10.8. The molecule has 1 saturated carbocycles. The van der Waals surface area contributed by atoms with Gasteiger partial charge in [-0.05, 0) is 56.2 Å². The Bertz CT molecular complexity index is 882. The van der Waals surface area contributed by atoms with Crippen LogP contribution in [0.3, 0.4) is 0 Å². The Morgan fingerprint density at radius 2 is 2.07 bits per heavy atom. The number of rotatable bonds is 6. The highest BCUT2D eigenvalue weighted by atomic mass is 16.5. The van der Waals surface area contributed by atoms with Crippen LogP contribution in [0.2, 0.25) is 0 Å². The van der Waals surface area contributed by atoms with E-state index in [1.54, 1.807) is 6.26 Å². The highest BCUT2D eigenvalue weighted by molar-refractivity contribution is 5.89. The van der Waals surface area contributed by atoms with Crippen LogP contribution in [0.25, 0.3) is 11.4 Å². The van der Waals surface area contributed by atoms with Crippen molar-refractivity contribution in [1.82, 2.24) is 15.5 Å². The third kappa shape index (κ3) is 4.19. The van der Waals surface area contributed by atoms with Crippen LogP contribution < -0.4 is 10.6 Å². The van der Waals surface area contributed by atoms with E-state index in [0.29, 0.717) is 23.9 Å². The molecule has 7 nitrogen and oxygen atoms in total. The molecule has 1 aliphatic rings. The third-order valence-corrected chi connectivity index (χ3v) is 4.76. The monoisotopic (exact) mass is 366 g/mol. The van der Waals surface area contributed by atoms with Gasteiger partial charge in [0.25, 0.3) is 0 Å². The summed E-state index contributed by atoms with van der Waals surface area (Å²) in [6.07, 6.45) is 5.74. The summed E-state index contributed by atoms with van der Waals surface area (Å²) in [6.45, 7) is 1.93. The van der Waals surface area contributed by atoms with E-state index in [0.717, 1.165) is 30.1 Å². The molecule has 27 heavy (non-hydrogen) atoms. The van der Waals surface area contributed by atoms with Gasteiger partial charge in [-0.1, -0.05) is 11.6 Å². The van der Waals surface area contributed by atoms with Crippen LogP contribution >= 0.6 is 0 Å². The number of carbonyl (C=O) groups is 1. The van der Waals surface area contributed by atoms with E-state index in [1.165, 1.54) is 6.42 Å². The van der Waals surface area contributed by atoms with Crippen LogP contribution in [-0.4, -0.2) is 22.2 Å². The molecule has 1 fully saturated rings. The summed E-state index contributed by atoms with van der Waals surface area (Å²) < 4.78 is 10.7. The van der Waals surface area contributed by atoms with Crippen molar-refractivity contribution in [3.63, 3.8) is 0 Å². The van der Waals surface area contributed by atoms with Crippen LogP contribution in [0.1, 0.15) is 43.8 Å². The second kappa shape index (κ2) is 7.65. The molecule has 2 aromatic heterocycles. The number of nitrogens with one attached hydrogen (secondary N) is 2. The van der Waals surface area contributed by atoms with Crippen LogP contribution in [-0.2, 0) is 6.42 Å². The van der Waals surface area contributed by atoms with Gasteiger partial charge in [0.1, 0.15) is 5.76 Å². The number of urea groups is 1. The van der Waals surface area contributed by atoms with E-state index in [1.807, 2.05) is 43.3 Å². The Kier molecular flexibility index (Phi) is 4.91.